The van der Waals surface area contributed by atoms with Crippen LogP contribution in [-0.2, 0) is 0 Å². The molecular weight excluding hydrogens is 324 g/mol. The normalized spacial score (nSPS) is 14.8. The van der Waals surface area contributed by atoms with E-state index in [0.717, 1.165) is 25.2 Å². The third kappa shape index (κ3) is 4.10. The van der Waals surface area contributed by atoms with Crippen molar-refractivity contribution in [1.82, 2.24) is 19.8 Å². The van der Waals surface area contributed by atoms with Crippen molar-refractivity contribution in [3.63, 3.8) is 0 Å². The van der Waals surface area contributed by atoms with Crippen LogP contribution in [0.1, 0.15) is 23.3 Å². The zero-order chi connectivity index (χ0) is 16.9. The quantitative estimate of drug-likeness (QED) is 0.836. The summed E-state index contributed by atoms with van der Waals surface area (Å²) in [6.07, 6.45) is 4.14. The number of hydrogen-bond donors (Lipinski definition) is 0. The van der Waals surface area contributed by atoms with E-state index in [4.69, 9.17) is 11.6 Å². The molecule has 1 aliphatic heterocycles. The monoisotopic (exact) mass is 344 g/mol. The SMILES string of the molecule is CN(CCN1CCCC1)C(=O)c1ccnc(-c2ccc(Cl)cc2)n1. The maximum atomic E-state index is 12.6. The Labute approximate surface area is 147 Å². The molecule has 1 amide bonds. The van der Waals surface area contributed by atoms with Crippen LogP contribution < -0.4 is 0 Å². The molecule has 0 saturated carbocycles. The molecule has 2 heterocycles. The van der Waals surface area contributed by atoms with Crippen LogP contribution in [0.2, 0.25) is 5.02 Å². The lowest BCUT2D eigenvalue weighted by molar-refractivity contribution is 0.0776. The van der Waals surface area contributed by atoms with E-state index in [-0.39, 0.29) is 5.91 Å². The standard InChI is InChI=1S/C18H21ClN4O/c1-22(12-13-23-10-2-3-11-23)18(24)16-8-9-20-17(21-16)14-4-6-15(19)7-5-14/h4-9H,2-3,10-13H2,1H3. The van der Waals surface area contributed by atoms with Crippen molar-refractivity contribution < 1.29 is 4.79 Å². The Morgan fingerprint density at radius 3 is 2.62 bits per heavy atom. The minimum absolute atomic E-state index is 0.0770. The van der Waals surface area contributed by atoms with Gasteiger partial charge in [-0.3, -0.25) is 4.79 Å². The molecule has 0 spiro atoms. The van der Waals surface area contributed by atoms with Crippen LogP contribution in [0.3, 0.4) is 0 Å². The second-order valence-electron chi connectivity index (χ2n) is 6.05. The number of hydrogen-bond acceptors (Lipinski definition) is 4. The molecule has 1 fully saturated rings. The molecule has 0 N–H and O–H groups in total. The van der Waals surface area contributed by atoms with Gasteiger partial charge in [-0.25, -0.2) is 9.97 Å². The van der Waals surface area contributed by atoms with E-state index in [0.29, 0.717) is 23.1 Å². The molecule has 0 radical (unpaired) electrons. The van der Waals surface area contributed by atoms with Crippen molar-refractivity contribution in [1.29, 1.82) is 0 Å². The lowest BCUT2D eigenvalue weighted by atomic mass is 10.2. The van der Waals surface area contributed by atoms with Crippen LogP contribution in [0.15, 0.2) is 36.5 Å². The number of aromatic nitrogens is 2. The molecule has 1 saturated heterocycles. The summed E-state index contributed by atoms with van der Waals surface area (Å²) in [5.74, 6) is 0.456. The van der Waals surface area contributed by atoms with Crippen LogP contribution in [0.4, 0.5) is 0 Å². The summed E-state index contributed by atoms with van der Waals surface area (Å²) in [7, 11) is 1.82. The van der Waals surface area contributed by atoms with Gasteiger partial charge in [0.25, 0.3) is 5.91 Å². The largest absolute Gasteiger partial charge is 0.339 e. The van der Waals surface area contributed by atoms with Gasteiger partial charge in [0, 0.05) is 36.9 Å². The topological polar surface area (TPSA) is 49.3 Å². The Hall–Kier alpha value is -1.98. The summed E-state index contributed by atoms with van der Waals surface area (Å²) in [5.41, 5.74) is 1.26. The number of likely N-dealkylation sites (N-methyl/N-ethyl adjacent to an activating group) is 1. The first-order valence-corrected chi connectivity index (χ1v) is 8.58. The Morgan fingerprint density at radius 1 is 1.21 bits per heavy atom. The smallest absolute Gasteiger partial charge is 0.272 e. The average Bonchev–Trinajstić information content (AvgIpc) is 3.13. The van der Waals surface area contributed by atoms with Crippen LogP contribution in [0.25, 0.3) is 11.4 Å². The summed E-state index contributed by atoms with van der Waals surface area (Å²) >= 11 is 5.91. The Balaban J connectivity index is 1.68. The highest BCUT2D eigenvalue weighted by Crippen LogP contribution is 2.18. The van der Waals surface area contributed by atoms with E-state index < -0.39 is 0 Å². The first-order valence-electron chi connectivity index (χ1n) is 8.20. The van der Waals surface area contributed by atoms with Crippen molar-refractivity contribution in [3.05, 3.63) is 47.2 Å². The molecular formula is C18H21ClN4O. The molecule has 0 aliphatic carbocycles. The van der Waals surface area contributed by atoms with Gasteiger partial charge in [-0.05, 0) is 56.3 Å². The highest BCUT2D eigenvalue weighted by molar-refractivity contribution is 6.30. The summed E-state index contributed by atoms with van der Waals surface area (Å²) in [6.45, 7) is 3.89. The van der Waals surface area contributed by atoms with Crippen molar-refractivity contribution in [2.24, 2.45) is 0 Å². The summed E-state index contributed by atoms with van der Waals surface area (Å²) in [6, 6.07) is 8.94. The predicted octanol–water partition coefficient (Wildman–Crippen LogP) is 2.96. The molecule has 1 aromatic carbocycles. The summed E-state index contributed by atoms with van der Waals surface area (Å²) in [4.78, 5) is 25.4. The van der Waals surface area contributed by atoms with Crippen LogP contribution in [-0.4, -0.2) is 58.9 Å². The van der Waals surface area contributed by atoms with Gasteiger partial charge in [-0.2, -0.15) is 0 Å². The average molecular weight is 345 g/mol. The first kappa shape index (κ1) is 16.9. The molecule has 0 unspecified atom stereocenters. The third-order valence-corrected chi connectivity index (χ3v) is 4.53. The van der Waals surface area contributed by atoms with Gasteiger partial charge < -0.3 is 9.80 Å². The van der Waals surface area contributed by atoms with E-state index in [9.17, 15) is 4.79 Å². The minimum atomic E-state index is -0.0770. The second kappa shape index (κ2) is 7.73. The Bertz CT molecular complexity index is 698. The maximum absolute atomic E-state index is 12.6. The molecule has 6 heteroatoms. The Kier molecular flexibility index (Phi) is 5.43. The highest BCUT2D eigenvalue weighted by atomic mass is 35.5. The molecule has 5 nitrogen and oxygen atoms in total. The van der Waals surface area contributed by atoms with E-state index in [1.54, 1.807) is 29.3 Å². The number of likely N-dealkylation sites (tertiary alicyclic amines) is 1. The minimum Gasteiger partial charge on any atom is -0.339 e. The van der Waals surface area contributed by atoms with Crippen LogP contribution >= 0.6 is 11.6 Å². The van der Waals surface area contributed by atoms with E-state index >= 15 is 0 Å². The number of nitrogens with zero attached hydrogens (tertiary/aromatic N) is 4. The van der Waals surface area contributed by atoms with E-state index in [1.165, 1.54) is 12.8 Å². The van der Waals surface area contributed by atoms with E-state index in [1.807, 2.05) is 19.2 Å². The third-order valence-electron chi connectivity index (χ3n) is 4.27. The fraction of sp³-hybridized carbons (Fsp3) is 0.389. The van der Waals surface area contributed by atoms with Gasteiger partial charge in [-0.15, -0.1) is 0 Å². The fourth-order valence-corrected chi connectivity index (χ4v) is 2.94. The van der Waals surface area contributed by atoms with Crippen molar-refractivity contribution in [2.45, 2.75) is 12.8 Å². The first-order chi connectivity index (χ1) is 11.6. The highest BCUT2D eigenvalue weighted by Gasteiger charge is 2.17. The zero-order valence-electron chi connectivity index (χ0n) is 13.8. The lowest BCUT2D eigenvalue weighted by Gasteiger charge is -2.21. The zero-order valence-corrected chi connectivity index (χ0v) is 14.5. The molecule has 126 valence electrons. The lowest BCUT2D eigenvalue weighted by Crippen LogP contribution is -2.35. The molecule has 0 atom stereocenters. The van der Waals surface area contributed by atoms with Crippen LogP contribution in [0, 0.1) is 0 Å². The number of carbonyl (C=O) groups is 1. The van der Waals surface area contributed by atoms with Gasteiger partial charge in [0.05, 0.1) is 0 Å². The van der Waals surface area contributed by atoms with Gasteiger partial charge >= 0.3 is 0 Å². The summed E-state index contributed by atoms with van der Waals surface area (Å²) in [5, 5.41) is 0.660. The van der Waals surface area contributed by atoms with Gasteiger partial charge in [0.15, 0.2) is 5.82 Å². The van der Waals surface area contributed by atoms with Crippen molar-refractivity contribution in [2.75, 3.05) is 33.2 Å². The number of carbonyl (C=O) groups excluding carboxylic acids is 1. The Morgan fingerprint density at radius 2 is 1.92 bits per heavy atom. The van der Waals surface area contributed by atoms with Crippen molar-refractivity contribution in [3.8, 4) is 11.4 Å². The van der Waals surface area contributed by atoms with Gasteiger partial charge in [-0.1, -0.05) is 11.6 Å². The van der Waals surface area contributed by atoms with Gasteiger partial charge in [0.1, 0.15) is 5.69 Å². The molecule has 2 aromatic rings. The van der Waals surface area contributed by atoms with E-state index in [2.05, 4.69) is 14.9 Å². The molecule has 1 aliphatic rings. The second-order valence-corrected chi connectivity index (χ2v) is 6.48. The fourth-order valence-electron chi connectivity index (χ4n) is 2.81. The number of rotatable bonds is 5. The number of amides is 1. The summed E-state index contributed by atoms with van der Waals surface area (Å²) < 4.78 is 0. The molecule has 0 bridgehead atoms. The molecule has 1 aromatic heterocycles. The molecule has 3 rings (SSSR count). The van der Waals surface area contributed by atoms with Crippen LogP contribution in [0.5, 0.6) is 0 Å². The van der Waals surface area contributed by atoms with Gasteiger partial charge in [0.2, 0.25) is 0 Å². The molecule has 24 heavy (non-hydrogen) atoms. The number of benzene rings is 1. The number of halogens is 1. The maximum Gasteiger partial charge on any atom is 0.272 e. The predicted molar refractivity (Wildman–Crippen MR) is 95.1 cm³/mol. The van der Waals surface area contributed by atoms with Crippen molar-refractivity contribution >= 4 is 17.5 Å².